The number of anilines is 2. The van der Waals surface area contributed by atoms with Crippen LogP contribution in [0.15, 0.2) is 36.8 Å². The van der Waals surface area contributed by atoms with Gasteiger partial charge in [-0.1, -0.05) is 0 Å². The molecule has 0 spiro atoms. The lowest BCUT2D eigenvalue weighted by molar-refractivity contribution is -0.235. The third-order valence-corrected chi connectivity index (χ3v) is 5.46. The molecular formula is C21H22F3N5O3. The highest BCUT2D eigenvalue weighted by Crippen LogP contribution is 2.47. The van der Waals surface area contributed by atoms with Crippen LogP contribution in [0.5, 0.6) is 5.75 Å². The number of fused-ring (bicyclic) bond motifs is 1. The zero-order valence-corrected chi connectivity index (χ0v) is 17.3. The van der Waals surface area contributed by atoms with Crippen molar-refractivity contribution in [2.75, 3.05) is 36.5 Å². The van der Waals surface area contributed by atoms with Gasteiger partial charge in [-0.2, -0.15) is 13.2 Å². The number of ether oxygens (including phenoxy) is 2. The molecule has 0 aliphatic carbocycles. The van der Waals surface area contributed by atoms with Crippen LogP contribution in [-0.2, 0) is 16.0 Å². The highest BCUT2D eigenvalue weighted by atomic mass is 19.4. The molecule has 1 fully saturated rings. The quantitative estimate of drug-likeness (QED) is 0.692. The Kier molecular flexibility index (Phi) is 5.68. The fraction of sp³-hybridized carbons (Fsp3) is 0.381. The summed E-state index contributed by atoms with van der Waals surface area (Å²) in [6, 6.07) is 4.66. The van der Waals surface area contributed by atoms with Crippen LogP contribution < -0.4 is 20.7 Å². The number of nitrogens with one attached hydrogen (secondary N) is 1. The Morgan fingerprint density at radius 2 is 1.94 bits per heavy atom. The van der Waals surface area contributed by atoms with Crippen LogP contribution >= 0.6 is 0 Å². The third-order valence-electron chi connectivity index (χ3n) is 5.46. The Bertz CT molecular complexity index is 1040. The van der Waals surface area contributed by atoms with Crippen LogP contribution in [0.25, 0.3) is 5.57 Å². The molecular weight excluding hydrogens is 427 g/mol. The lowest BCUT2D eigenvalue weighted by atomic mass is 9.98. The largest absolute Gasteiger partial charge is 0.477 e. The second-order valence-corrected chi connectivity index (χ2v) is 7.69. The fourth-order valence-electron chi connectivity index (χ4n) is 3.69. The van der Waals surface area contributed by atoms with E-state index in [2.05, 4.69) is 15.3 Å². The molecule has 4 rings (SSSR count). The monoisotopic (exact) mass is 449 g/mol. The van der Waals surface area contributed by atoms with E-state index < -0.39 is 17.7 Å². The number of nitrogens with two attached hydrogens (primary N) is 1. The van der Waals surface area contributed by atoms with Gasteiger partial charge in [0.1, 0.15) is 5.75 Å². The predicted octanol–water partition coefficient (Wildman–Crippen LogP) is 2.51. The first-order valence-electron chi connectivity index (χ1n) is 9.98. The minimum atomic E-state index is -4.55. The molecule has 1 amide bonds. The number of benzene rings is 1. The molecule has 1 aromatic carbocycles. The Labute approximate surface area is 182 Å². The van der Waals surface area contributed by atoms with Crippen molar-refractivity contribution in [2.45, 2.75) is 25.1 Å². The van der Waals surface area contributed by atoms with E-state index in [-0.39, 0.29) is 23.6 Å². The van der Waals surface area contributed by atoms with Crippen LogP contribution in [0, 0.1) is 0 Å². The van der Waals surface area contributed by atoms with Crippen molar-refractivity contribution < 1.29 is 27.4 Å². The minimum Gasteiger partial charge on any atom is -0.477 e. The number of nitrogens with zero attached hydrogens (tertiary/aromatic N) is 3. The van der Waals surface area contributed by atoms with Crippen LogP contribution in [0.1, 0.15) is 18.3 Å². The van der Waals surface area contributed by atoms with E-state index in [1.54, 1.807) is 6.07 Å². The van der Waals surface area contributed by atoms with Gasteiger partial charge < -0.3 is 25.4 Å². The summed E-state index contributed by atoms with van der Waals surface area (Å²) in [5.74, 6) is -0.300. The molecule has 0 bridgehead atoms. The van der Waals surface area contributed by atoms with Crippen LogP contribution in [0.2, 0.25) is 0 Å². The molecule has 1 saturated heterocycles. The molecule has 0 radical (unpaired) electrons. The smallest absolute Gasteiger partial charge is 0.428 e. The maximum absolute atomic E-state index is 13.6. The summed E-state index contributed by atoms with van der Waals surface area (Å²) in [5.41, 5.74) is 4.58. The molecule has 2 aliphatic heterocycles. The average Bonchev–Trinajstić information content (AvgIpc) is 3.11. The van der Waals surface area contributed by atoms with E-state index >= 15 is 0 Å². The summed E-state index contributed by atoms with van der Waals surface area (Å²) in [6.07, 6.45) is -0.865. The number of alkyl halides is 3. The summed E-state index contributed by atoms with van der Waals surface area (Å²) in [5, 5.41) is 2.77. The number of halogens is 3. The van der Waals surface area contributed by atoms with E-state index in [1.807, 2.05) is 4.90 Å². The van der Waals surface area contributed by atoms with Crippen LogP contribution in [0.3, 0.4) is 0 Å². The summed E-state index contributed by atoms with van der Waals surface area (Å²) in [7, 11) is 0. The van der Waals surface area contributed by atoms with Crippen molar-refractivity contribution in [3.8, 4) is 5.75 Å². The third kappa shape index (κ3) is 4.07. The standard InChI is InChI=1S/C21H22F3N5O3/c1-20(21(22,23)24)11-13-9-15(16(10-17(13)32-20)29-5-7-31-8-6-29)28-19(30)14(12-25)18-26-3-2-4-27-18/h2-4,9-10,12H,5-8,11,25H2,1H3,(H,28,30)/b14-12+/t20-/m1/s1. The van der Waals surface area contributed by atoms with Gasteiger partial charge >= 0.3 is 6.18 Å². The van der Waals surface area contributed by atoms with E-state index in [1.165, 1.54) is 24.5 Å². The second-order valence-electron chi connectivity index (χ2n) is 7.69. The highest BCUT2D eigenvalue weighted by Gasteiger charge is 2.57. The summed E-state index contributed by atoms with van der Waals surface area (Å²) < 4.78 is 51.4. The van der Waals surface area contributed by atoms with Crippen molar-refractivity contribution in [1.29, 1.82) is 0 Å². The first kappa shape index (κ1) is 21.9. The SMILES string of the molecule is C[C@]1(C(F)(F)F)Cc2cc(NC(=O)/C(=C/N)c3ncccn3)c(N3CCOCC3)cc2O1. The number of rotatable bonds is 4. The normalized spacial score (nSPS) is 21.1. The van der Waals surface area contributed by atoms with Gasteiger partial charge in [-0.25, -0.2) is 9.97 Å². The number of morpholine rings is 1. The Hall–Kier alpha value is -3.34. The van der Waals surface area contributed by atoms with Gasteiger partial charge in [0.05, 0.1) is 30.2 Å². The average molecular weight is 449 g/mol. The Morgan fingerprint density at radius 3 is 2.56 bits per heavy atom. The van der Waals surface area contributed by atoms with Crippen molar-refractivity contribution in [3.05, 3.63) is 48.2 Å². The van der Waals surface area contributed by atoms with Crippen molar-refractivity contribution in [1.82, 2.24) is 9.97 Å². The topological polar surface area (TPSA) is 103 Å². The molecule has 0 unspecified atom stereocenters. The molecule has 2 aliphatic rings. The number of aromatic nitrogens is 2. The Morgan fingerprint density at radius 1 is 1.25 bits per heavy atom. The number of amides is 1. The Balaban J connectivity index is 1.69. The van der Waals surface area contributed by atoms with Gasteiger partial charge in [0.2, 0.25) is 5.60 Å². The van der Waals surface area contributed by atoms with Crippen molar-refractivity contribution in [2.24, 2.45) is 5.73 Å². The number of hydrogen-bond donors (Lipinski definition) is 2. The maximum Gasteiger partial charge on any atom is 0.428 e. The van der Waals surface area contributed by atoms with Gasteiger partial charge in [0.25, 0.3) is 5.91 Å². The molecule has 3 N–H and O–H groups in total. The predicted molar refractivity (Wildman–Crippen MR) is 111 cm³/mol. The zero-order valence-electron chi connectivity index (χ0n) is 17.3. The van der Waals surface area contributed by atoms with Gasteiger partial charge in [-0.15, -0.1) is 0 Å². The van der Waals surface area contributed by atoms with E-state index in [0.717, 1.165) is 13.1 Å². The molecule has 1 aromatic heterocycles. The lowest BCUT2D eigenvalue weighted by Gasteiger charge is -2.31. The van der Waals surface area contributed by atoms with E-state index in [9.17, 15) is 18.0 Å². The molecule has 1 atom stereocenters. The molecule has 0 saturated carbocycles. The highest BCUT2D eigenvalue weighted by molar-refractivity contribution is 6.24. The molecule has 11 heteroatoms. The van der Waals surface area contributed by atoms with Gasteiger partial charge in [0.15, 0.2) is 5.82 Å². The van der Waals surface area contributed by atoms with Crippen LogP contribution in [-0.4, -0.2) is 54.0 Å². The molecule has 170 valence electrons. The van der Waals surface area contributed by atoms with Gasteiger partial charge in [-0.05, 0) is 19.1 Å². The molecule has 3 heterocycles. The minimum absolute atomic E-state index is 0.0374. The van der Waals surface area contributed by atoms with Gasteiger partial charge in [-0.3, -0.25) is 4.79 Å². The fourth-order valence-corrected chi connectivity index (χ4v) is 3.69. The van der Waals surface area contributed by atoms with Crippen molar-refractivity contribution in [3.63, 3.8) is 0 Å². The zero-order chi connectivity index (χ0) is 22.9. The van der Waals surface area contributed by atoms with Crippen molar-refractivity contribution >= 4 is 22.9 Å². The molecule has 32 heavy (non-hydrogen) atoms. The second kappa shape index (κ2) is 8.30. The summed E-state index contributed by atoms with van der Waals surface area (Å²) in [4.78, 5) is 23.0. The van der Waals surface area contributed by atoms with E-state index in [0.29, 0.717) is 43.2 Å². The number of carbonyl (C=O) groups excluding carboxylic acids is 1. The first-order valence-corrected chi connectivity index (χ1v) is 9.98. The maximum atomic E-state index is 13.6. The number of hydrogen-bond acceptors (Lipinski definition) is 7. The summed E-state index contributed by atoms with van der Waals surface area (Å²) in [6.45, 7) is 2.95. The lowest BCUT2D eigenvalue weighted by Crippen LogP contribution is -2.46. The number of carbonyl (C=O) groups is 1. The van der Waals surface area contributed by atoms with Crippen LogP contribution in [0.4, 0.5) is 24.5 Å². The molecule has 2 aromatic rings. The first-order chi connectivity index (χ1) is 15.2. The van der Waals surface area contributed by atoms with Gasteiger partial charge in [0, 0.05) is 49.7 Å². The summed E-state index contributed by atoms with van der Waals surface area (Å²) >= 11 is 0. The van der Waals surface area contributed by atoms with E-state index in [4.69, 9.17) is 15.2 Å². The molecule has 8 nitrogen and oxygen atoms in total.